The van der Waals surface area contributed by atoms with E-state index in [0.717, 1.165) is 62.5 Å². The molecule has 0 bridgehead atoms. The maximum absolute atomic E-state index is 12.5. The number of aliphatic hydroxyl groups is 1. The molecule has 1 amide bonds. The number of benzene rings is 1. The van der Waals surface area contributed by atoms with Crippen molar-refractivity contribution in [3.63, 3.8) is 0 Å². The molecule has 0 radical (unpaired) electrons. The molecular weight excluding hydrogens is 366 g/mol. The summed E-state index contributed by atoms with van der Waals surface area (Å²) >= 11 is 0. The number of amides is 1. The highest BCUT2D eigenvalue weighted by Crippen LogP contribution is 2.21. The monoisotopic (exact) mass is 405 g/mol. The van der Waals surface area contributed by atoms with Crippen molar-refractivity contribution in [2.45, 2.75) is 97.1 Å². The van der Waals surface area contributed by atoms with Crippen molar-refractivity contribution in [1.82, 2.24) is 4.90 Å². The van der Waals surface area contributed by atoms with Gasteiger partial charge in [0.05, 0.1) is 6.10 Å². The van der Waals surface area contributed by atoms with Crippen LogP contribution in [0.3, 0.4) is 0 Å². The summed E-state index contributed by atoms with van der Waals surface area (Å²) in [5, 5.41) is 19.0. The van der Waals surface area contributed by atoms with Gasteiger partial charge in [-0.3, -0.25) is 9.59 Å². The average molecular weight is 406 g/mol. The Balaban J connectivity index is 2.54. The van der Waals surface area contributed by atoms with Crippen LogP contribution in [0.1, 0.15) is 102 Å². The van der Waals surface area contributed by atoms with Crippen molar-refractivity contribution in [2.75, 3.05) is 6.54 Å². The number of carboxylic acid groups (broad SMARTS) is 1. The Morgan fingerprint density at radius 2 is 1.59 bits per heavy atom. The number of rotatable bonds is 16. The third kappa shape index (κ3) is 11.0. The summed E-state index contributed by atoms with van der Waals surface area (Å²) in [6.45, 7) is 5.45. The van der Waals surface area contributed by atoms with E-state index in [1.807, 2.05) is 36.1 Å². The predicted octanol–water partition coefficient (Wildman–Crippen LogP) is 5.46. The Labute approximate surface area is 176 Å². The zero-order valence-corrected chi connectivity index (χ0v) is 18.2. The fourth-order valence-electron chi connectivity index (χ4n) is 3.42. The second-order valence-electron chi connectivity index (χ2n) is 7.88. The van der Waals surface area contributed by atoms with Crippen LogP contribution in [-0.2, 0) is 16.1 Å². The normalized spacial score (nSPS) is 12.0. The lowest BCUT2D eigenvalue weighted by molar-refractivity contribution is -0.137. The number of carboxylic acids is 1. The Morgan fingerprint density at radius 3 is 2.21 bits per heavy atom. The molecule has 1 atom stereocenters. The fourth-order valence-corrected chi connectivity index (χ4v) is 3.42. The molecule has 5 heteroatoms. The van der Waals surface area contributed by atoms with Gasteiger partial charge in [-0.05, 0) is 36.8 Å². The number of hydrogen-bond donors (Lipinski definition) is 2. The summed E-state index contributed by atoms with van der Waals surface area (Å²) in [5.74, 6) is -0.578. The highest BCUT2D eigenvalue weighted by atomic mass is 16.4. The molecule has 1 aromatic carbocycles. The van der Waals surface area contributed by atoms with E-state index in [1.165, 1.54) is 0 Å². The van der Waals surface area contributed by atoms with Crippen LogP contribution in [0.25, 0.3) is 0 Å². The Hall–Kier alpha value is -1.88. The predicted molar refractivity (Wildman–Crippen MR) is 117 cm³/mol. The number of aliphatic carboxylic acids is 1. The zero-order valence-electron chi connectivity index (χ0n) is 18.2. The minimum Gasteiger partial charge on any atom is -0.481 e. The molecule has 1 unspecified atom stereocenters. The van der Waals surface area contributed by atoms with Crippen LogP contribution in [0.15, 0.2) is 24.3 Å². The first kappa shape index (κ1) is 25.2. The maximum atomic E-state index is 12.5. The second kappa shape index (κ2) is 15.0. The van der Waals surface area contributed by atoms with Gasteiger partial charge in [0.1, 0.15) is 0 Å². The van der Waals surface area contributed by atoms with Crippen LogP contribution in [-0.4, -0.2) is 33.5 Å². The number of hydrogen-bond acceptors (Lipinski definition) is 3. The molecule has 0 aliphatic rings. The number of carbonyl (C=O) groups excluding carboxylic acids is 1. The zero-order chi connectivity index (χ0) is 21.5. The van der Waals surface area contributed by atoms with Gasteiger partial charge in [0.25, 0.3) is 0 Å². The van der Waals surface area contributed by atoms with E-state index in [1.54, 1.807) is 0 Å². The summed E-state index contributed by atoms with van der Waals surface area (Å²) < 4.78 is 0. The molecule has 0 saturated carbocycles. The molecule has 29 heavy (non-hydrogen) atoms. The first-order valence-corrected chi connectivity index (χ1v) is 11.2. The van der Waals surface area contributed by atoms with Crippen molar-refractivity contribution in [1.29, 1.82) is 0 Å². The van der Waals surface area contributed by atoms with E-state index in [4.69, 9.17) is 5.11 Å². The van der Waals surface area contributed by atoms with E-state index in [9.17, 15) is 14.7 Å². The van der Waals surface area contributed by atoms with Crippen LogP contribution >= 0.6 is 0 Å². The van der Waals surface area contributed by atoms with Crippen LogP contribution in [0.4, 0.5) is 0 Å². The van der Waals surface area contributed by atoms with Gasteiger partial charge in [-0.2, -0.15) is 0 Å². The number of aliphatic hydroxyl groups excluding tert-OH is 1. The van der Waals surface area contributed by atoms with Gasteiger partial charge in [-0.15, -0.1) is 0 Å². The third-order valence-corrected chi connectivity index (χ3v) is 5.20. The Kier molecular flexibility index (Phi) is 13.0. The molecule has 5 nitrogen and oxygen atoms in total. The van der Waals surface area contributed by atoms with Gasteiger partial charge in [0.2, 0.25) is 5.91 Å². The van der Waals surface area contributed by atoms with Crippen LogP contribution in [0.2, 0.25) is 0 Å². The van der Waals surface area contributed by atoms with E-state index in [2.05, 4.69) is 6.92 Å². The molecule has 0 aromatic heterocycles. The van der Waals surface area contributed by atoms with Crippen molar-refractivity contribution in [3.8, 4) is 0 Å². The summed E-state index contributed by atoms with van der Waals surface area (Å²) in [4.78, 5) is 25.0. The van der Waals surface area contributed by atoms with E-state index >= 15 is 0 Å². The quantitative estimate of drug-likeness (QED) is 0.358. The van der Waals surface area contributed by atoms with Crippen molar-refractivity contribution in [2.24, 2.45) is 0 Å². The van der Waals surface area contributed by atoms with E-state index in [0.29, 0.717) is 25.9 Å². The molecule has 0 heterocycles. The van der Waals surface area contributed by atoms with Gasteiger partial charge in [0, 0.05) is 25.9 Å². The topological polar surface area (TPSA) is 77.8 Å². The number of nitrogens with zero attached hydrogens (tertiary/aromatic N) is 1. The lowest BCUT2D eigenvalue weighted by Gasteiger charge is -2.23. The van der Waals surface area contributed by atoms with Crippen molar-refractivity contribution >= 4 is 11.9 Å². The van der Waals surface area contributed by atoms with Crippen LogP contribution in [0.5, 0.6) is 0 Å². The summed E-state index contributed by atoms with van der Waals surface area (Å²) in [5.41, 5.74) is 2.01. The van der Waals surface area contributed by atoms with Gasteiger partial charge < -0.3 is 15.1 Å². The van der Waals surface area contributed by atoms with Crippen molar-refractivity contribution < 1.29 is 19.8 Å². The molecule has 0 spiro atoms. The smallest absolute Gasteiger partial charge is 0.303 e. The molecule has 0 fully saturated rings. The minimum absolute atomic E-state index is 0.168. The lowest BCUT2D eigenvalue weighted by atomic mass is 10.0. The molecule has 1 aromatic rings. The maximum Gasteiger partial charge on any atom is 0.303 e. The summed E-state index contributed by atoms with van der Waals surface area (Å²) in [7, 11) is 0. The average Bonchev–Trinajstić information content (AvgIpc) is 2.70. The molecule has 0 aliphatic carbocycles. The van der Waals surface area contributed by atoms with Crippen molar-refractivity contribution in [3.05, 3.63) is 35.4 Å². The highest BCUT2D eigenvalue weighted by molar-refractivity contribution is 5.76. The largest absolute Gasteiger partial charge is 0.481 e. The van der Waals surface area contributed by atoms with E-state index < -0.39 is 12.1 Å². The lowest BCUT2D eigenvalue weighted by Crippen LogP contribution is -2.31. The highest BCUT2D eigenvalue weighted by Gasteiger charge is 2.14. The van der Waals surface area contributed by atoms with Gasteiger partial charge in [0.15, 0.2) is 0 Å². The molecular formula is C24H39NO4. The first-order valence-electron chi connectivity index (χ1n) is 11.2. The minimum atomic E-state index is -0.747. The standard InChI is InChI=1S/C24H39NO4/c1-3-5-8-12-22(26)21-16-14-20(15-17-21)19-25(23(27)11-4-2)18-10-7-6-9-13-24(28)29/h14-17,22,26H,3-13,18-19H2,1-2H3,(H,28,29). The second-order valence-corrected chi connectivity index (χ2v) is 7.88. The van der Waals surface area contributed by atoms with Crippen LogP contribution < -0.4 is 0 Å². The first-order chi connectivity index (χ1) is 14.0. The molecule has 164 valence electrons. The Morgan fingerprint density at radius 1 is 0.897 bits per heavy atom. The number of carbonyl (C=O) groups is 2. The SMILES string of the molecule is CCCCCC(O)c1ccc(CN(CCCCCCC(=O)O)C(=O)CCC)cc1. The van der Waals surface area contributed by atoms with Gasteiger partial charge >= 0.3 is 5.97 Å². The fraction of sp³-hybridized carbons (Fsp3) is 0.667. The summed E-state index contributed by atoms with van der Waals surface area (Å²) in [6, 6.07) is 7.97. The molecule has 1 rings (SSSR count). The molecule has 0 saturated heterocycles. The third-order valence-electron chi connectivity index (χ3n) is 5.20. The van der Waals surface area contributed by atoms with Gasteiger partial charge in [-0.1, -0.05) is 70.2 Å². The van der Waals surface area contributed by atoms with E-state index in [-0.39, 0.29) is 12.3 Å². The number of unbranched alkanes of at least 4 members (excludes halogenated alkanes) is 5. The summed E-state index contributed by atoms with van der Waals surface area (Å²) in [6.07, 6.45) is 8.69. The molecule has 2 N–H and O–H groups in total. The van der Waals surface area contributed by atoms with Crippen LogP contribution in [0, 0.1) is 0 Å². The Bertz CT molecular complexity index is 585. The molecule has 0 aliphatic heterocycles. The van der Waals surface area contributed by atoms with Gasteiger partial charge in [-0.25, -0.2) is 0 Å².